The Morgan fingerprint density at radius 2 is 1.74 bits per heavy atom. The second-order valence-corrected chi connectivity index (χ2v) is 5.92. The molecule has 0 aliphatic rings. The third-order valence-corrected chi connectivity index (χ3v) is 3.73. The van der Waals surface area contributed by atoms with Gasteiger partial charge in [0.1, 0.15) is 11.6 Å². The van der Waals surface area contributed by atoms with Gasteiger partial charge in [0.2, 0.25) is 0 Å². The predicted molar refractivity (Wildman–Crippen MR) is 79.1 cm³/mol. The van der Waals surface area contributed by atoms with Crippen LogP contribution in [0.25, 0.3) is 0 Å². The third-order valence-electron chi connectivity index (χ3n) is 2.78. The number of rotatable bonds is 3. The van der Waals surface area contributed by atoms with Crippen molar-refractivity contribution >= 4 is 31.9 Å². The lowest BCUT2D eigenvalue weighted by Crippen LogP contribution is -2.19. The zero-order valence-electron chi connectivity index (χ0n) is 10.1. The minimum Gasteiger partial charge on any atom is -0.309 e. The summed E-state index contributed by atoms with van der Waals surface area (Å²) in [5.41, 5.74) is 1.13. The molecule has 100 valence electrons. The normalized spacial score (nSPS) is 12.5. The van der Waals surface area contributed by atoms with Crippen molar-refractivity contribution in [2.75, 3.05) is 7.05 Å². The minimum atomic E-state index is -0.413. The smallest absolute Gasteiger partial charge is 0.128 e. The van der Waals surface area contributed by atoms with E-state index in [1.807, 2.05) is 0 Å². The highest BCUT2D eigenvalue weighted by molar-refractivity contribution is 9.10. The van der Waals surface area contributed by atoms with Crippen LogP contribution < -0.4 is 5.32 Å². The van der Waals surface area contributed by atoms with Gasteiger partial charge in [-0.15, -0.1) is 0 Å². The lowest BCUT2D eigenvalue weighted by molar-refractivity contribution is 0.571. The van der Waals surface area contributed by atoms with Crippen molar-refractivity contribution in [2.24, 2.45) is 0 Å². The van der Waals surface area contributed by atoms with E-state index in [0.29, 0.717) is 15.6 Å². The SMILES string of the molecule is CNC(c1cc(F)cc(Br)c1)c1cc(Br)ccc1F. The molecule has 0 fully saturated rings. The first-order valence-electron chi connectivity index (χ1n) is 5.59. The third kappa shape index (κ3) is 3.41. The molecule has 0 saturated heterocycles. The fourth-order valence-electron chi connectivity index (χ4n) is 1.98. The fourth-order valence-corrected chi connectivity index (χ4v) is 2.84. The van der Waals surface area contributed by atoms with Crippen molar-refractivity contribution in [2.45, 2.75) is 6.04 Å². The van der Waals surface area contributed by atoms with Crippen LogP contribution in [0.5, 0.6) is 0 Å². The molecule has 0 bridgehead atoms. The van der Waals surface area contributed by atoms with Gasteiger partial charge in [-0.1, -0.05) is 31.9 Å². The number of nitrogens with one attached hydrogen (secondary N) is 1. The molecular weight excluding hydrogens is 380 g/mol. The molecule has 1 nitrogen and oxygen atoms in total. The van der Waals surface area contributed by atoms with Gasteiger partial charge >= 0.3 is 0 Å². The van der Waals surface area contributed by atoms with E-state index in [4.69, 9.17) is 0 Å². The molecule has 0 heterocycles. The Labute approximate surface area is 127 Å². The highest BCUT2D eigenvalue weighted by Crippen LogP contribution is 2.29. The molecule has 0 amide bonds. The minimum absolute atomic E-state index is 0.331. The van der Waals surface area contributed by atoms with Crippen molar-refractivity contribution < 1.29 is 8.78 Å². The first-order valence-corrected chi connectivity index (χ1v) is 7.18. The summed E-state index contributed by atoms with van der Waals surface area (Å²) in [7, 11) is 1.71. The van der Waals surface area contributed by atoms with Crippen molar-refractivity contribution in [3.8, 4) is 0 Å². The molecule has 0 spiro atoms. The van der Waals surface area contributed by atoms with E-state index in [9.17, 15) is 8.78 Å². The van der Waals surface area contributed by atoms with E-state index < -0.39 is 6.04 Å². The summed E-state index contributed by atoms with van der Waals surface area (Å²) in [6.45, 7) is 0. The summed E-state index contributed by atoms with van der Waals surface area (Å²) in [5.74, 6) is -0.692. The molecule has 0 aliphatic carbocycles. The molecule has 1 atom stereocenters. The Kier molecular flexibility index (Phi) is 4.71. The number of hydrogen-bond donors (Lipinski definition) is 1. The highest BCUT2D eigenvalue weighted by Gasteiger charge is 2.17. The zero-order chi connectivity index (χ0) is 14.0. The van der Waals surface area contributed by atoms with Gasteiger partial charge in [-0.25, -0.2) is 8.78 Å². The molecule has 2 aromatic rings. The molecule has 0 aromatic heterocycles. The Balaban J connectivity index is 2.52. The topological polar surface area (TPSA) is 12.0 Å². The summed E-state index contributed by atoms with van der Waals surface area (Å²) < 4.78 is 28.8. The van der Waals surface area contributed by atoms with E-state index in [1.165, 1.54) is 18.2 Å². The van der Waals surface area contributed by atoms with Crippen LogP contribution in [0.4, 0.5) is 8.78 Å². The van der Waals surface area contributed by atoms with Gasteiger partial charge in [0, 0.05) is 14.5 Å². The zero-order valence-corrected chi connectivity index (χ0v) is 13.2. The van der Waals surface area contributed by atoms with Gasteiger partial charge in [-0.2, -0.15) is 0 Å². The summed E-state index contributed by atoms with van der Waals surface area (Å²) in [4.78, 5) is 0. The van der Waals surface area contributed by atoms with Crippen LogP contribution in [0.15, 0.2) is 45.3 Å². The average Bonchev–Trinajstić information content (AvgIpc) is 2.33. The average molecular weight is 391 g/mol. The van der Waals surface area contributed by atoms with Crippen LogP contribution >= 0.6 is 31.9 Å². The molecular formula is C14H11Br2F2N. The maximum absolute atomic E-state index is 13.9. The molecule has 19 heavy (non-hydrogen) atoms. The Bertz CT molecular complexity index is 582. The standard InChI is InChI=1S/C14H11Br2F2N/c1-19-14(8-4-10(16)6-11(17)5-8)12-7-9(15)2-3-13(12)18/h2-7,14,19H,1H3. The molecule has 0 aliphatic heterocycles. The lowest BCUT2D eigenvalue weighted by atomic mass is 9.98. The highest BCUT2D eigenvalue weighted by atomic mass is 79.9. The maximum Gasteiger partial charge on any atom is 0.128 e. The van der Waals surface area contributed by atoms with E-state index in [0.717, 1.165) is 4.47 Å². The number of hydrogen-bond acceptors (Lipinski definition) is 1. The number of benzene rings is 2. The van der Waals surface area contributed by atoms with Crippen molar-refractivity contribution in [3.05, 3.63) is 68.1 Å². The van der Waals surface area contributed by atoms with Crippen molar-refractivity contribution in [1.82, 2.24) is 5.32 Å². The first-order chi connectivity index (χ1) is 9.01. The lowest BCUT2D eigenvalue weighted by Gasteiger charge is -2.18. The van der Waals surface area contributed by atoms with E-state index in [-0.39, 0.29) is 11.6 Å². The largest absolute Gasteiger partial charge is 0.309 e. The summed E-state index contributed by atoms with van der Waals surface area (Å²) >= 11 is 6.56. The molecule has 0 saturated carbocycles. The van der Waals surface area contributed by atoms with Crippen molar-refractivity contribution in [3.63, 3.8) is 0 Å². The Morgan fingerprint density at radius 3 is 2.37 bits per heavy atom. The quantitative estimate of drug-likeness (QED) is 0.793. The van der Waals surface area contributed by atoms with Crippen LogP contribution in [0, 0.1) is 11.6 Å². The van der Waals surface area contributed by atoms with Gasteiger partial charge in [0.15, 0.2) is 0 Å². The second-order valence-electron chi connectivity index (χ2n) is 4.09. The predicted octanol–water partition coefficient (Wildman–Crippen LogP) is 4.80. The molecule has 1 N–H and O–H groups in total. The molecule has 5 heteroatoms. The Morgan fingerprint density at radius 1 is 1.00 bits per heavy atom. The van der Waals surface area contributed by atoms with Crippen LogP contribution in [-0.4, -0.2) is 7.05 Å². The summed E-state index contributed by atoms with van der Waals surface area (Å²) in [5, 5.41) is 3.01. The van der Waals surface area contributed by atoms with Crippen LogP contribution in [0.1, 0.15) is 17.2 Å². The number of halogens is 4. The van der Waals surface area contributed by atoms with Crippen LogP contribution in [-0.2, 0) is 0 Å². The van der Waals surface area contributed by atoms with Gasteiger partial charge in [0.05, 0.1) is 6.04 Å². The maximum atomic E-state index is 13.9. The van der Waals surface area contributed by atoms with E-state index in [2.05, 4.69) is 37.2 Å². The van der Waals surface area contributed by atoms with Gasteiger partial charge in [-0.05, 0) is 49.0 Å². The van der Waals surface area contributed by atoms with Gasteiger partial charge in [0.25, 0.3) is 0 Å². The van der Waals surface area contributed by atoms with Crippen LogP contribution in [0.3, 0.4) is 0 Å². The first kappa shape index (κ1) is 14.6. The van der Waals surface area contributed by atoms with Crippen molar-refractivity contribution in [1.29, 1.82) is 0 Å². The monoisotopic (exact) mass is 389 g/mol. The van der Waals surface area contributed by atoms with E-state index >= 15 is 0 Å². The molecule has 0 radical (unpaired) electrons. The van der Waals surface area contributed by atoms with Gasteiger partial charge < -0.3 is 5.32 Å². The summed E-state index contributed by atoms with van der Waals surface area (Å²) in [6, 6.07) is 8.83. The molecule has 2 aromatic carbocycles. The summed E-state index contributed by atoms with van der Waals surface area (Å²) in [6.07, 6.45) is 0. The van der Waals surface area contributed by atoms with E-state index in [1.54, 1.807) is 25.2 Å². The Hall–Kier alpha value is -0.780. The fraction of sp³-hybridized carbons (Fsp3) is 0.143. The van der Waals surface area contributed by atoms with Crippen LogP contribution in [0.2, 0.25) is 0 Å². The molecule has 2 rings (SSSR count). The molecule has 1 unspecified atom stereocenters. The second kappa shape index (κ2) is 6.11. The van der Waals surface area contributed by atoms with Gasteiger partial charge in [-0.3, -0.25) is 0 Å².